The maximum atomic E-state index is 12.7. The molecule has 1 fully saturated rings. The third-order valence-corrected chi connectivity index (χ3v) is 3.69. The Morgan fingerprint density at radius 3 is 2.61 bits per heavy atom. The first-order valence-corrected chi connectivity index (χ1v) is 8.17. The molecule has 0 spiro atoms. The standard InChI is InChI=1S/C18H26N2O3/c1-18(2,3)23-17(22)19-15-11-7-8-12-20(16(15)21)13-14-9-5-4-6-10-14/h4-6,9-10,15H,7-8,11-13H2,1-3H3,(H,19,22)/t15-/m0/s1. The highest BCUT2D eigenvalue weighted by Gasteiger charge is 2.29. The fourth-order valence-electron chi connectivity index (χ4n) is 2.65. The average molecular weight is 318 g/mol. The Kier molecular flexibility index (Phi) is 5.64. The lowest BCUT2D eigenvalue weighted by Gasteiger charge is -2.26. The molecular weight excluding hydrogens is 292 g/mol. The van der Waals surface area contributed by atoms with Crippen molar-refractivity contribution >= 4 is 12.0 Å². The second kappa shape index (κ2) is 7.49. The molecule has 0 unspecified atom stereocenters. The van der Waals surface area contributed by atoms with Crippen molar-refractivity contribution in [2.75, 3.05) is 6.54 Å². The van der Waals surface area contributed by atoms with Crippen molar-refractivity contribution in [1.82, 2.24) is 10.2 Å². The molecule has 0 aromatic heterocycles. The van der Waals surface area contributed by atoms with Crippen molar-refractivity contribution in [3.05, 3.63) is 35.9 Å². The van der Waals surface area contributed by atoms with Crippen molar-refractivity contribution in [2.24, 2.45) is 0 Å². The number of amides is 2. The van der Waals surface area contributed by atoms with Gasteiger partial charge in [0.1, 0.15) is 11.6 Å². The summed E-state index contributed by atoms with van der Waals surface area (Å²) in [4.78, 5) is 26.5. The predicted molar refractivity (Wildman–Crippen MR) is 88.9 cm³/mol. The van der Waals surface area contributed by atoms with Gasteiger partial charge in [0.25, 0.3) is 0 Å². The fraction of sp³-hybridized carbons (Fsp3) is 0.556. The maximum absolute atomic E-state index is 12.7. The van der Waals surface area contributed by atoms with Crippen LogP contribution in [0.5, 0.6) is 0 Å². The maximum Gasteiger partial charge on any atom is 0.408 e. The van der Waals surface area contributed by atoms with Crippen LogP contribution in [0.15, 0.2) is 30.3 Å². The van der Waals surface area contributed by atoms with Gasteiger partial charge in [0.05, 0.1) is 0 Å². The third-order valence-electron chi connectivity index (χ3n) is 3.69. The summed E-state index contributed by atoms with van der Waals surface area (Å²) in [5, 5.41) is 2.73. The van der Waals surface area contributed by atoms with E-state index in [9.17, 15) is 9.59 Å². The first-order chi connectivity index (χ1) is 10.8. The molecule has 1 saturated heterocycles. The Hall–Kier alpha value is -2.04. The van der Waals surface area contributed by atoms with E-state index in [1.165, 1.54) is 0 Å². The molecule has 0 radical (unpaired) electrons. The first-order valence-electron chi connectivity index (χ1n) is 8.17. The van der Waals surface area contributed by atoms with Crippen molar-refractivity contribution in [3.8, 4) is 0 Å². The van der Waals surface area contributed by atoms with Gasteiger partial charge in [0, 0.05) is 13.1 Å². The summed E-state index contributed by atoms with van der Waals surface area (Å²) in [5.41, 5.74) is 0.528. The van der Waals surface area contributed by atoms with Crippen LogP contribution in [0, 0.1) is 0 Å². The molecule has 2 amide bonds. The van der Waals surface area contributed by atoms with Gasteiger partial charge in [-0.3, -0.25) is 4.79 Å². The number of carbonyl (C=O) groups is 2. The van der Waals surface area contributed by atoms with E-state index in [2.05, 4.69) is 5.32 Å². The molecule has 5 nitrogen and oxygen atoms in total. The molecule has 0 aliphatic carbocycles. The average Bonchev–Trinajstić information content (AvgIpc) is 2.62. The lowest BCUT2D eigenvalue weighted by Crippen LogP contribution is -2.48. The Bertz CT molecular complexity index is 537. The molecule has 1 aromatic carbocycles. The Labute approximate surface area is 138 Å². The van der Waals surface area contributed by atoms with E-state index < -0.39 is 17.7 Å². The van der Waals surface area contributed by atoms with E-state index in [0.29, 0.717) is 13.0 Å². The minimum Gasteiger partial charge on any atom is -0.444 e. The molecule has 1 atom stereocenters. The van der Waals surface area contributed by atoms with Crippen LogP contribution in [0.3, 0.4) is 0 Å². The summed E-state index contributed by atoms with van der Waals surface area (Å²) in [7, 11) is 0. The molecule has 1 aliphatic rings. The molecule has 126 valence electrons. The molecule has 0 saturated carbocycles. The van der Waals surface area contributed by atoms with E-state index in [0.717, 1.165) is 24.9 Å². The van der Waals surface area contributed by atoms with E-state index in [1.807, 2.05) is 56.0 Å². The van der Waals surface area contributed by atoms with Crippen LogP contribution in [-0.4, -0.2) is 35.1 Å². The second-order valence-electron chi connectivity index (χ2n) is 6.94. The first kappa shape index (κ1) is 17.3. The molecular formula is C18H26N2O3. The zero-order valence-corrected chi connectivity index (χ0v) is 14.2. The summed E-state index contributed by atoms with van der Waals surface area (Å²) in [6.45, 7) is 6.72. The van der Waals surface area contributed by atoms with Crippen molar-refractivity contribution < 1.29 is 14.3 Å². The number of ether oxygens (including phenoxy) is 1. The van der Waals surface area contributed by atoms with E-state index in [1.54, 1.807) is 0 Å². The lowest BCUT2D eigenvalue weighted by atomic mass is 10.1. The summed E-state index contributed by atoms with van der Waals surface area (Å²) >= 11 is 0. The van der Waals surface area contributed by atoms with Gasteiger partial charge in [-0.25, -0.2) is 4.79 Å². The minimum absolute atomic E-state index is 0.0304. The number of alkyl carbamates (subject to hydrolysis) is 1. The Balaban J connectivity index is 2.00. The number of hydrogen-bond acceptors (Lipinski definition) is 3. The van der Waals surface area contributed by atoms with E-state index >= 15 is 0 Å². The van der Waals surface area contributed by atoms with E-state index in [-0.39, 0.29) is 5.91 Å². The minimum atomic E-state index is -0.568. The molecule has 2 rings (SSSR count). The van der Waals surface area contributed by atoms with Gasteiger partial charge in [-0.15, -0.1) is 0 Å². The molecule has 0 bridgehead atoms. The van der Waals surface area contributed by atoms with Gasteiger partial charge in [-0.1, -0.05) is 30.3 Å². The van der Waals surface area contributed by atoms with E-state index in [4.69, 9.17) is 4.74 Å². The summed E-state index contributed by atoms with van der Waals surface area (Å²) < 4.78 is 5.26. The van der Waals surface area contributed by atoms with Gasteiger partial charge < -0.3 is 15.0 Å². The van der Waals surface area contributed by atoms with Gasteiger partial charge in [-0.05, 0) is 45.6 Å². The normalized spacial score (nSPS) is 19.2. The topological polar surface area (TPSA) is 58.6 Å². The molecule has 1 aliphatic heterocycles. The van der Waals surface area contributed by atoms with Crippen LogP contribution < -0.4 is 5.32 Å². The smallest absolute Gasteiger partial charge is 0.408 e. The number of carbonyl (C=O) groups excluding carboxylic acids is 2. The number of rotatable bonds is 3. The van der Waals surface area contributed by atoms with Gasteiger partial charge >= 0.3 is 6.09 Å². The summed E-state index contributed by atoms with van der Waals surface area (Å²) in [6.07, 6.45) is 1.99. The molecule has 1 N–H and O–H groups in total. The predicted octanol–water partition coefficient (Wildman–Crippen LogP) is 3.09. The number of hydrogen-bond donors (Lipinski definition) is 1. The highest BCUT2D eigenvalue weighted by Crippen LogP contribution is 2.16. The van der Waals surface area contributed by atoms with Crippen LogP contribution >= 0.6 is 0 Å². The van der Waals surface area contributed by atoms with Gasteiger partial charge in [-0.2, -0.15) is 0 Å². The van der Waals surface area contributed by atoms with Crippen LogP contribution in [-0.2, 0) is 16.1 Å². The van der Waals surface area contributed by atoms with Gasteiger partial charge in [0.15, 0.2) is 0 Å². The number of nitrogens with one attached hydrogen (secondary N) is 1. The van der Waals surface area contributed by atoms with Gasteiger partial charge in [0.2, 0.25) is 5.91 Å². The van der Waals surface area contributed by atoms with Crippen molar-refractivity contribution in [1.29, 1.82) is 0 Å². The van der Waals surface area contributed by atoms with Crippen LogP contribution in [0.4, 0.5) is 4.79 Å². The monoisotopic (exact) mass is 318 g/mol. The Morgan fingerprint density at radius 2 is 1.96 bits per heavy atom. The SMILES string of the molecule is CC(C)(C)OC(=O)N[C@H]1CCCCN(Cc2ccccc2)C1=O. The van der Waals surface area contributed by atoms with Crippen LogP contribution in [0.25, 0.3) is 0 Å². The molecule has 23 heavy (non-hydrogen) atoms. The largest absolute Gasteiger partial charge is 0.444 e. The summed E-state index contributed by atoms with van der Waals surface area (Å²) in [5.74, 6) is -0.0304. The number of nitrogens with zero attached hydrogens (tertiary/aromatic N) is 1. The third kappa shape index (κ3) is 5.58. The quantitative estimate of drug-likeness (QED) is 0.931. The molecule has 1 heterocycles. The fourth-order valence-corrected chi connectivity index (χ4v) is 2.65. The molecule has 1 aromatic rings. The van der Waals surface area contributed by atoms with Crippen LogP contribution in [0.1, 0.15) is 45.6 Å². The molecule has 5 heteroatoms. The second-order valence-corrected chi connectivity index (χ2v) is 6.94. The zero-order valence-electron chi connectivity index (χ0n) is 14.2. The number of benzene rings is 1. The zero-order chi connectivity index (χ0) is 16.9. The van der Waals surface area contributed by atoms with Crippen LogP contribution in [0.2, 0.25) is 0 Å². The highest BCUT2D eigenvalue weighted by molar-refractivity contribution is 5.86. The summed E-state index contributed by atoms with van der Waals surface area (Å²) in [6, 6.07) is 9.40. The van der Waals surface area contributed by atoms with Crippen molar-refractivity contribution in [3.63, 3.8) is 0 Å². The lowest BCUT2D eigenvalue weighted by molar-refractivity contribution is -0.133. The number of likely N-dealkylation sites (tertiary alicyclic amines) is 1. The Morgan fingerprint density at radius 1 is 1.26 bits per heavy atom. The highest BCUT2D eigenvalue weighted by atomic mass is 16.6. The van der Waals surface area contributed by atoms with Crippen molar-refractivity contribution in [2.45, 2.75) is 58.2 Å².